The first-order valence-electron chi connectivity index (χ1n) is 8.29. The summed E-state index contributed by atoms with van der Waals surface area (Å²) in [4.78, 5) is 35.2. The Morgan fingerprint density at radius 1 is 1.22 bits per heavy atom. The second-order valence-electron chi connectivity index (χ2n) is 5.84. The number of carbonyl (C=O) groups excluding carboxylic acids is 2. The van der Waals surface area contributed by atoms with Gasteiger partial charge in [0.25, 0.3) is 5.91 Å². The van der Waals surface area contributed by atoms with Crippen molar-refractivity contribution in [1.29, 1.82) is 0 Å². The van der Waals surface area contributed by atoms with Gasteiger partial charge in [-0.2, -0.15) is 4.98 Å². The molecule has 6 N–H and O–H groups in total. The lowest BCUT2D eigenvalue weighted by Crippen LogP contribution is -2.30. The quantitative estimate of drug-likeness (QED) is 0.435. The van der Waals surface area contributed by atoms with Crippen LogP contribution in [0.1, 0.15) is 16.8 Å². The molecule has 0 saturated heterocycles. The maximum absolute atomic E-state index is 11.7. The molecular formula is C18H19N7O2. The van der Waals surface area contributed by atoms with Gasteiger partial charge in [-0.15, -0.1) is 0 Å². The molecule has 0 spiro atoms. The second kappa shape index (κ2) is 8.19. The van der Waals surface area contributed by atoms with Crippen molar-refractivity contribution >= 4 is 40.5 Å². The van der Waals surface area contributed by atoms with E-state index in [0.717, 1.165) is 17.2 Å². The van der Waals surface area contributed by atoms with Crippen LogP contribution in [0.15, 0.2) is 42.7 Å². The molecule has 27 heavy (non-hydrogen) atoms. The zero-order chi connectivity index (χ0) is 19.2. The van der Waals surface area contributed by atoms with E-state index in [-0.39, 0.29) is 36.3 Å². The Hall–Kier alpha value is -3.59. The predicted octanol–water partition coefficient (Wildman–Crippen LogP) is 1.20. The molecule has 0 radical (unpaired) electrons. The second-order valence-corrected chi connectivity index (χ2v) is 5.84. The summed E-state index contributed by atoms with van der Waals surface area (Å²) in [6, 6.07) is 9.23. The van der Waals surface area contributed by atoms with Crippen molar-refractivity contribution in [2.24, 2.45) is 11.5 Å². The number of nitrogens with two attached hydrogens (primary N) is 2. The first kappa shape index (κ1) is 18.2. The number of fused-ring (bicyclic) bond motifs is 1. The van der Waals surface area contributed by atoms with Gasteiger partial charge in [-0.25, -0.2) is 4.98 Å². The summed E-state index contributed by atoms with van der Waals surface area (Å²) in [5.74, 6) is -0.200. The molecule has 9 heteroatoms. The molecule has 9 nitrogen and oxygen atoms in total. The number of hydrogen-bond donors (Lipinski definition) is 4. The highest BCUT2D eigenvalue weighted by Crippen LogP contribution is 2.22. The Bertz CT molecular complexity index is 977. The molecule has 2 heterocycles. The molecule has 0 aliphatic rings. The van der Waals surface area contributed by atoms with Crippen LogP contribution in [-0.4, -0.2) is 39.7 Å². The summed E-state index contributed by atoms with van der Waals surface area (Å²) in [6.45, 7) is 0.233. The lowest BCUT2D eigenvalue weighted by molar-refractivity contribution is -0.108. The largest absolute Gasteiger partial charge is 0.365 e. The number of benzene rings is 1. The van der Waals surface area contributed by atoms with E-state index in [9.17, 15) is 9.59 Å². The van der Waals surface area contributed by atoms with Crippen LogP contribution in [-0.2, 0) is 4.79 Å². The molecule has 1 amide bonds. The first-order chi connectivity index (χ1) is 13.1. The maximum Gasteiger partial charge on any atom is 0.254 e. The molecule has 1 aromatic carbocycles. The van der Waals surface area contributed by atoms with Crippen LogP contribution in [0.5, 0.6) is 0 Å². The summed E-state index contributed by atoms with van der Waals surface area (Å²) in [6.07, 6.45) is 3.94. The standard InChI is InChI=1S/C18H19N7O2/c19-8-12(5-6-26)24-18-22-10-14(16(20)27)17(25-18)23-13-7-11-3-1-2-4-15(11)21-9-13/h1-4,6-7,9-10,12H,5,8,19H2,(H2,20,27)(H2,22,23,24,25). The van der Waals surface area contributed by atoms with Crippen molar-refractivity contribution < 1.29 is 9.59 Å². The maximum atomic E-state index is 11.7. The highest BCUT2D eigenvalue weighted by Gasteiger charge is 2.15. The molecule has 0 aliphatic heterocycles. The number of anilines is 3. The van der Waals surface area contributed by atoms with E-state index in [2.05, 4.69) is 25.6 Å². The van der Waals surface area contributed by atoms with Crippen molar-refractivity contribution in [3.05, 3.63) is 48.3 Å². The van der Waals surface area contributed by atoms with Crippen molar-refractivity contribution in [1.82, 2.24) is 15.0 Å². The SMILES string of the molecule is NCC(CC=O)Nc1ncc(C(N)=O)c(Nc2cnc3ccccc3c2)n1. The number of carbonyl (C=O) groups is 2. The summed E-state index contributed by atoms with van der Waals surface area (Å²) >= 11 is 0. The van der Waals surface area contributed by atoms with E-state index in [0.29, 0.717) is 5.69 Å². The molecule has 0 aliphatic carbocycles. The Kier molecular flexibility index (Phi) is 5.53. The Morgan fingerprint density at radius 2 is 2.04 bits per heavy atom. The fourth-order valence-electron chi connectivity index (χ4n) is 2.52. The molecule has 0 saturated carbocycles. The normalized spacial score (nSPS) is 11.7. The first-order valence-corrected chi connectivity index (χ1v) is 8.29. The fraction of sp³-hybridized carbons (Fsp3) is 0.167. The average Bonchev–Trinajstić information content (AvgIpc) is 2.67. The van der Waals surface area contributed by atoms with Crippen LogP contribution in [0.3, 0.4) is 0 Å². The predicted molar refractivity (Wildman–Crippen MR) is 103 cm³/mol. The third-order valence-corrected chi connectivity index (χ3v) is 3.91. The molecule has 1 unspecified atom stereocenters. The minimum atomic E-state index is -0.666. The average molecular weight is 365 g/mol. The van der Waals surface area contributed by atoms with Gasteiger partial charge < -0.3 is 26.9 Å². The fourth-order valence-corrected chi connectivity index (χ4v) is 2.52. The number of aldehydes is 1. The molecule has 3 aromatic rings. The molecular weight excluding hydrogens is 346 g/mol. The Balaban J connectivity index is 1.92. The Morgan fingerprint density at radius 3 is 2.78 bits per heavy atom. The van der Waals surface area contributed by atoms with E-state index >= 15 is 0 Å². The molecule has 2 aromatic heterocycles. The number of aromatic nitrogens is 3. The number of nitrogens with one attached hydrogen (secondary N) is 2. The van der Waals surface area contributed by atoms with Gasteiger partial charge >= 0.3 is 0 Å². The smallest absolute Gasteiger partial charge is 0.254 e. The molecule has 138 valence electrons. The zero-order valence-electron chi connectivity index (χ0n) is 14.4. The number of amides is 1. The number of hydrogen-bond acceptors (Lipinski definition) is 8. The van der Waals surface area contributed by atoms with Crippen LogP contribution in [0, 0.1) is 0 Å². The minimum absolute atomic E-state index is 0.133. The van der Waals surface area contributed by atoms with Crippen LogP contribution in [0.2, 0.25) is 0 Å². The van der Waals surface area contributed by atoms with Gasteiger partial charge in [-0.1, -0.05) is 18.2 Å². The van der Waals surface area contributed by atoms with Gasteiger partial charge in [0.15, 0.2) is 0 Å². The van der Waals surface area contributed by atoms with Crippen LogP contribution in [0.4, 0.5) is 17.5 Å². The summed E-state index contributed by atoms with van der Waals surface area (Å²) in [7, 11) is 0. The van der Waals surface area contributed by atoms with Crippen LogP contribution >= 0.6 is 0 Å². The van der Waals surface area contributed by atoms with Gasteiger partial charge in [0.2, 0.25) is 5.95 Å². The lowest BCUT2D eigenvalue weighted by atomic mass is 10.2. The number of rotatable bonds is 8. The highest BCUT2D eigenvalue weighted by molar-refractivity contribution is 5.98. The van der Waals surface area contributed by atoms with Crippen molar-refractivity contribution in [3.8, 4) is 0 Å². The number of pyridine rings is 1. The summed E-state index contributed by atoms with van der Waals surface area (Å²) in [5, 5.41) is 6.95. The van der Waals surface area contributed by atoms with E-state index in [1.54, 1.807) is 6.20 Å². The van der Waals surface area contributed by atoms with E-state index in [4.69, 9.17) is 11.5 Å². The monoisotopic (exact) mass is 365 g/mol. The van der Waals surface area contributed by atoms with Gasteiger partial charge in [-0.3, -0.25) is 9.78 Å². The molecule has 0 bridgehead atoms. The molecule has 3 rings (SSSR count). The third-order valence-electron chi connectivity index (χ3n) is 3.91. The lowest BCUT2D eigenvalue weighted by Gasteiger charge is -2.16. The highest BCUT2D eigenvalue weighted by atomic mass is 16.1. The number of primary amides is 1. The molecule has 1 atom stereocenters. The summed E-state index contributed by atoms with van der Waals surface area (Å²) < 4.78 is 0. The van der Waals surface area contributed by atoms with Gasteiger partial charge in [0, 0.05) is 30.6 Å². The van der Waals surface area contributed by atoms with E-state index in [1.165, 1.54) is 6.20 Å². The van der Waals surface area contributed by atoms with Gasteiger partial charge in [-0.05, 0) is 12.1 Å². The van der Waals surface area contributed by atoms with Crippen LogP contribution in [0.25, 0.3) is 10.9 Å². The minimum Gasteiger partial charge on any atom is -0.365 e. The topological polar surface area (TPSA) is 149 Å². The summed E-state index contributed by atoms with van der Waals surface area (Å²) in [5.41, 5.74) is 12.7. The Labute approximate surface area is 155 Å². The van der Waals surface area contributed by atoms with Crippen molar-refractivity contribution in [3.63, 3.8) is 0 Å². The van der Waals surface area contributed by atoms with Gasteiger partial charge in [0.05, 0.1) is 17.4 Å². The third kappa shape index (κ3) is 4.33. The zero-order valence-corrected chi connectivity index (χ0v) is 14.4. The van der Waals surface area contributed by atoms with E-state index < -0.39 is 5.91 Å². The van der Waals surface area contributed by atoms with Crippen LogP contribution < -0.4 is 22.1 Å². The van der Waals surface area contributed by atoms with Crippen molar-refractivity contribution in [2.75, 3.05) is 17.2 Å². The van der Waals surface area contributed by atoms with Crippen molar-refractivity contribution in [2.45, 2.75) is 12.5 Å². The van der Waals surface area contributed by atoms with E-state index in [1.807, 2.05) is 30.3 Å². The number of para-hydroxylation sites is 1. The van der Waals surface area contributed by atoms with Gasteiger partial charge in [0.1, 0.15) is 17.7 Å². The molecule has 0 fully saturated rings. The number of nitrogens with zero attached hydrogens (tertiary/aromatic N) is 3.